The monoisotopic (exact) mass is 240 g/mol. The summed E-state index contributed by atoms with van der Waals surface area (Å²) in [5, 5.41) is 0. The first kappa shape index (κ1) is 12.2. The molecule has 0 bridgehead atoms. The third-order valence-corrected chi connectivity index (χ3v) is 2.62. The van der Waals surface area contributed by atoms with Crippen LogP contribution < -0.4 is 10.5 Å². The summed E-state index contributed by atoms with van der Waals surface area (Å²) < 4.78 is 5.72. The molecule has 0 aromatic heterocycles. The number of rotatable bonds is 4. The van der Waals surface area contributed by atoms with E-state index in [-0.39, 0.29) is 0 Å². The normalized spacial score (nSPS) is 11.3. The standard InChI is InChI=1S/C15H16N2O/c1-17-15(16)13-8-5-9-14(10-13)18-11-12-6-3-2-4-7-12/h2-10H,11H2,1H3,(H2,16,17). The third-order valence-electron chi connectivity index (χ3n) is 2.62. The largest absolute Gasteiger partial charge is 0.489 e. The summed E-state index contributed by atoms with van der Waals surface area (Å²) in [6.45, 7) is 0.549. The zero-order valence-corrected chi connectivity index (χ0v) is 10.3. The van der Waals surface area contributed by atoms with Gasteiger partial charge in [-0.2, -0.15) is 0 Å². The van der Waals surface area contributed by atoms with E-state index in [0.29, 0.717) is 12.4 Å². The second kappa shape index (κ2) is 5.87. The Hall–Kier alpha value is -2.29. The first-order chi connectivity index (χ1) is 8.79. The van der Waals surface area contributed by atoms with E-state index in [1.165, 1.54) is 0 Å². The second-order valence-corrected chi connectivity index (χ2v) is 3.91. The number of hydrogen-bond acceptors (Lipinski definition) is 2. The second-order valence-electron chi connectivity index (χ2n) is 3.91. The van der Waals surface area contributed by atoms with Gasteiger partial charge in [0.15, 0.2) is 0 Å². The fourth-order valence-electron chi connectivity index (χ4n) is 1.62. The van der Waals surface area contributed by atoms with Crippen molar-refractivity contribution in [3.8, 4) is 5.75 Å². The third kappa shape index (κ3) is 3.10. The molecule has 0 fully saturated rings. The molecule has 3 heteroatoms. The quantitative estimate of drug-likeness (QED) is 0.659. The zero-order chi connectivity index (χ0) is 12.8. The molecule has 92 valence electrons. The van der Waals surface area contributed by atoms with Crippen LogP contribution >= 0.6 is 0 Å². The molecule has 0 aliphatic carbocycles. The van der Waals surface area contributed by atoms with E-state index in [4.69, 9.17) is 10.5 Å². The van der Waals surface area contributed by atoms with Crippen molar-refractivity contribution in [1.29, 1.82) is 0 Å². The summed E-state index contributed by atoms with van der Waals surface area (Å²) in [6, 6.07) is 17.7. The van der Waals surface area contributed by atoms with Crippen LogP contribution in [0.2, 0.25) is 0 Å². The van der Waals surface area contributed by atoms with Crippen LogP contribution in [0.25, 0.3) is 0 Å². The van der Waals surface area contributed by atoms with Crippen LogP contribution in [0.15, 0.2) is 59.6 Å². The first-order valence-corrected chi connectivity index (χ1v) is 5.79. The van der Waals surface area contributed by atoms with Crippen molar-refractivity contribution >= 4 is 5.84 Å². The lowest BCUT2D eigenvalue weighted by Crippen LogP contribution is -2.12. The molecule has 0 aliphatic rings. The van der Waals surface area contributed by atoms with Crippen molar-refractivity contribution in [2.45, 2.75) is 6.61 Å². The smallest absolute Gasteiger partial charge is 0.125 e. The van der Waals surface area contributed by atoms with Crippen LogP contribution in [0.4, 0.5) is 0 Å². The van der Waals surface area contributed by atoms with Crippen LogP contribution in [0, 0.1) is 0 Å². The molecule has 2 aromatic rings. The molecule has 0 saturated carbocycles. The van der Waals surface area contributed by atoms with Crippen LogP contribution in [-0.2, 0) is 6.61 Å². The summed E-state index contributed by atoms with van der Waals surface area (Å²) in [4.78, 5) is 3.96. The van der Waals surface area contributed by atoms with E-state index in [1.807, 2.05) is 54.6 Å². The predicted octanol–water partition coefficient (Wildman–Crippen LogP) is 2.60. The Morgan fingerprint density at radius 3 is 2.61 bits per heavy atom. The molecular weight excluding hydrogens is 224 g/mol. The van der Waals surface area contributed by atoms with Gasteiger partial charge < -0.3 is 10.5 Å². The van der Waals surface area contributed by atoms with Crippen molar-refractivity contribution in [3.05, 3.63) is 65.7 Å². The van der Waals surface area contributed by atoms with Gasteiger partial charge in [0, 0.05) is 12.6 Å². The molecule has 0 heterocycles. The van der Waals surface area contributed by atoms with Crippen molar-refractivity contribution in [2.75, 3.05) is 7.05 Å². The fourth-order valence-corrected chi connectivity index (χ4v) is 1.62. The van der Waals surface area contributed by atoms with E-state index in [1.54, 1.807) is 7.05 Å². The van der Waals surface area contributed by atoms with Crippen LogP contribution in [0.1, 0.15) is 11.1 Å². The first-order valence-electron chi connectivity index (χ1n) is 5.79. The van der Waals surface area contributed by atoms with Gasteiger partial charge in [-0.1, -0.05) is 42.5 Å². The summed E-state index contributed by atoms with van der Waals surface area (Å²) in [7, 11) is 1.67. The highest BCUT2D eigenvalue weighted by Crippen LogP contribution is 2.15. The molecule has 0 amide bonds. The highest BCUT2D eigenvalue weighted by Gasteiger charge is 2.00. The van der Waals surface area contributed by atoms with Crippen molar-refractivity contribution in [2.24, 2.45) is 10.7 Å². The summed E-state index contributed by atoms with van der Waals surface area (Å²) >= 11 is 0. The maximum absolute atomic E-state index is 5.76. The van der Waals surface area contributed by atoms with Crippen LogP contribution in [-0.4, -0.2) is 12.9 Å². The number of hydrogen-bond donors (Lipinski definition) is 1. The van der Waals surface area contributed by atoms with Gasteiger partial charge in [0.1, 0.15) is 18.2 Å². The molecule has 0 unspecified atom stereocenters. The van der Waals surface area contributed by atoms with Gasteiger partial charge in [-0.15, -0.1) is 0 Å². The van der Waals surface area contributed by atoms with Crippen LogP contribution in [0.3, 0.4) is 0 Å². The Labute approximate surface area is 107 Å². The molecule has 2 N–H and O–H groups in total. The maximum atomic E-state index is 5.76. The van der Waals surface area contributed by atoms with E-state index in [2.05, 4.69) is 4.99 Å². The van der Waals surface area contributed by atoms with Gasteiger partial charge in [0.2, 0.25) is 0 Å². The minimum atomic E-state index is 0.514. The molecule has 0 spiro atoms. The van der Waals surface area contributed by atoms with E-state index in [9.17, 15) is 0 Å². The average Bonchev–Trinajstić information content (AvgIpc) is 2.45. The molecule has 0 atom stereocenters. The Bertz CT molecular complexity index is 535. The predicted molar refractivity (Wildman–Crippen MR) is 73.9 cm³/mol. The maximum Gasteiger partial charge on any atom is 0.125 e. The van der Waals surface area contributed by atoms with E-state index < -0.39 is 0 Å². The minimum absolute atomic E-state index is 0.514. The minimum Gasteiger partial charge on any atom is -0.489 e. The van der Waals surface area contributed by atoms with Crippen LogP contribution in [0.5, 0.6) is 5.75 Å². The van der Waals surface area contributed by atoms with Gasteiger partial charge >= 0.3 is 0 Å². The Kier molecular flexibility index (Phi) is 3.97. The molecule has 2 aromatic carbocycles. The fraction of sp³-hybridized carbons (Fsp3) is 0.133. The lowest BCUT2D eigenvalue weighted by Gasteiger charge is -2.07. The Balaban J connectivity index is 2.06. The molecule has 0 saturated heterocycles. The number of nitrogens with two attached hydrogens (primary N) is 1. The topological polar surface area (TPSA) is 47.6 Å². The molecule has 3 nitrogen and oxygen atoms in total. The lowest BCUT2D eigenvalue weighted by molar-refractivity contribution is 0.306. The van der Waals surface area contributed by atoms with Crippen molar-refractivity contribution < 1.29 is 4.74 Å². The van der Waals surface area contributed by atoms with Gasteiger partial charge in [-0.05, 0) is 17.7 Å². The summed E-state index contributed by atoms with van der Waals surface area (Å²) in [6.07, 6.45) is 0. The van der Waals surface area contributed by atoms with E-state index in [0.717, 1.165) is 16.9 Å². The molecule has 18 heavy (non-hydrogen) atoms. The van der Waals surface area contributed by atoms with Gasteiger partial charge in [0.05, 0.1) is 0 Å². The number of nitrogens with zero attached hydrogens (tertiary/aromatic N) is 1. The highest BCUT2D eigenvalue weighted by molar-refractivity contribution is 5.97. The van der Waals surface area contributed by atoms with Gasteiger partial charge in [-0.25, -0.2) is 0 Å². The van der Waals surface area contributed by atoms with Gasteiger partial charge in [0.25, 0.3) is 0 Å². The number of aliphatic imine (C=N–C) groups is 1. The lowest BCUT2D eigenvalue weighted by atomic mass is 10.2. The average molecular weight is 240 g/mol. The number of ether oxygens (including phenoxy) is 1. The zero-order valence-electron chi connectivity index (χ0n) is 10.3. The van der Waals surface area contributed by atoms with E-state index >= 15 is 0 Å². The highest BCUT2D eigenvalue weighted by atomic mass is 16.5. The summed E-state index contributed by atoms with van der Waals surface area (Å²) in [5.41, 5.74) is 7.78. The van der Waals surface area contributed by atoms with Crippen molar-refractivity contribution in [3.63, 3.8) is 0 Å². The molecule has 0 radical (unpaired) electrons. The molecule has 2 rings (SSSR count). The number of benzene rings is 2. The number of amidine groups is 1. The summed E-state index contributed by atoms with van der Waals surface area (Å²) in [5.74, 6) is 1.31. The Morgan fingerprint density at radius 2 is 1.89 bits per heavy atom. The SMILES string of the molecule is CN=C(N)c1cccc(OCc2ccccc2)c1. The Morgan fingerprint density at radius 1 is 1.11 bits per heavy atom. The molecule has 0 aliphatic heterocycles. The van der Waals surface area contributed by atoms with Crippen molar-refractivity contribution in [1.82, 2.24) is 0 Å². The molecular formula is C15H16N2O. The van der Waals surface area contributed by atoms with Gasteiger partial charge in [-0.3, -0.25) is 4.99 Å².